The summed E-state index contributed by atoms with van der Waals surface area (Å²) in [5.74, 6) is 0. The fourth-order valence-electron chi connectivity index (χ4n) is 1.27. The van der Waals surface area contributed by atoms with Gasteiger partial charge in [0.1, 0.15) is 0 Å². The van der Waals surface area contributed by atoms with Crippen molar-refractivity contribution in [3.05, 3.63) is 23.4 Å². The summed E-state index contributed by atoms with van der Waals surface area (Å²) in [4.78, 5) is 0. The van der Waals surface area contributed by atoms with Crippen LogP contribution in [0.15, 0.2) is 23.4 Å². The van der Waals surface area contributed by atoms with Gasteiger partial charge in [-0.1, -0.05) is 61.0 Å². The second-order valence-corrected chi connectivity index (χ2v) is 6.55. The van der Waals surface area contributed by atoms with E-state index in [9.17, 15) is 0 Å². The Bertz CT molecular complexity index is 269. The van der Waals surface area contributed by atoms with Crippen LogP contribution in [0.4, 0.5) is 0 Å². The summed E-state index contributed by atoms with van der Waals surface area (Å²) in [7, 11) is 0. The van der Waals surface area contributed by atoms with Crippen LogP contribution in [0.25, 0.3) is 0 Å². The average Bonchev–Trinajstić information content (AvgIpc) is 2.08. The van der Waals surface area contributed by atoms with Crippen LogP contribution < -0.4 is 5.73 Å². The van der Waals surface area contributed by atoms with Crippen molar-refractivity contribution >= 4 is 0 Å². The topological polar surface area (TPSA) is 26.0 Å². The molecule has 0 unspecified atom stereocenters. The summed E-state index contributed by atoms with van der Waals surface area (Å²) in [5.41, 5.74) is 8.68. The predicted octanol–water partition coefficient (Wildman–Crippen LogP) is 4.65. The first-order chi connectivity index (χ1) is 7.09. The van der Waals surface area contributed by atoms with Crippen LogP contribution in [0, 0.1) is 10.8 Å². The highest BCUT2D eigenvalue weighted by Gasteiger charge is 2.19. The van der Waals surface area contributed by atoms with E-state index in [-0.39, 0.29) is 10.8 Å². The zero-order valence-corrected chi connectivity index (χ0v) is 12.1. The summed E-state index contributed by atoms with van der Waals surface area (Å²) < 4.78 is 0. The molecule has 2 N–H and O–H groups in total. The molecule has 1 nitrogen and oxygen atoms in total. The summed E-state index contributed by atoms with van der Waals surface area (Å²) >= 11 is 0. The highest BCUT2D eigenvalue weighted by molar-refractivity contribution is 5.29. The van der Waals surface area contributed by atoms with E-state index in [2.05, 4.69) is 60.6 Å². The van der Waals surface area contributed by atoms with Gasteiger partial charge in [0, 0.05) is 11.1 Å². The summed E-state index contributed by atoms with van der Waals surface area (Å²) in [5, 5.41) is 0. The molecule has 0 spiro atoms. The molecule has 0 saturated carbocycles. The smallest absolute Gasteiger partial charge is 0.0138 e. The molecule has 0 heterocycles. The first kappa shape index (κ1) is 15.3. The first-order valence-electron chi connectivity index (χ1n) is 6.27. The Morgan fingerprint density at radius 3 is 1.81 bits per heavy atom. The fraction of sp³-hybridized carbons (Fsp3) is 0.733. The van der Waals surface area contributed by atoms with Gasteiger partial charge >= 0.3 is 0 Å². The monoisotopic (exact) mass is 223 g/mol. The number of rotatable bonds is 3. The molecule has 0 aromatic rings. The number of unbranched alkanes of at least 4 members (excludes halogenated alkanes) is 1. The summed E-state index contributed by atoms with van der Waals surface area (Å²) in [6.45, 7) is 15.4. The quantitative estimate of drug-likeness (QED) is 0.693. The van der Waals surface area contributed by atoms with Crippen LogP contribution in [0.2, 0.25) is 0 Å². The van der Waals surface area contributed by atoms with Crippen molar-refractivity contribution < 1.29 is 0 Å². The third-order valence-electron chi connectivity index (χ3n) is 2.70. The molecule has 0 aromatic carbocycles. The van der Waals surface area contributed by atoms with Crippen molar-refractivity contribution in [2.24, 2.45) is 16.6 Å². The maximum atomic E-state index is 6.14. The molecule has 1 heteroatoms. The Hall–Kier alpha value is -0.720. The Morgan fingerprint density at radius 1 is 1.00 bits per heavy atom. The van der Waals surface area contributed by atoms with E-state index >= 15 is 0 Å². The van der Waals surface area contributed by atoms with Gasteiger partial charge in [-0.15, -0.1) is 0 Å². The lowest BCUT2D eigenvalue weighted by Crippen LogP contribution is -2.19. The molecule has 0 aromatic heterocycles. The van der Waals surface area contributed by atoms with E-state index < -0.39 is 0 Å². The van der Waals surface area contributed by atoms with E-state index in [0.717, 1.165) is 12.1 Å². The lowest BCUT2D eigenvalue weighted by molar-refractivity contribution is 0.484. The van der Waals surface area contributed by atoms with Gasteiger partial charge in [0.15, 0.2) is 0 Å². The number of nitrogens with two attached hydrogens (primary N) is 1. The second kappa shape index (κ2) is 5.56. The molecule has 0 aliphatic heterocycles. The van der Waals surface area contributed by atoms with E-state index in [1.165, 1.54) is 12.0 Å². The Morgan fingerprint density at radius 2 is 1.50 bits per heavy atom. The molecule has 16 heavy (non-hydrogen) atoms. The fourth-order valence-corrected chi connectivity index (χ4v) is 1.27. The summed E-state index contributed by atoms with van der Waals surface area (Å²) in [6.07, 6.45) is 6.79. The van der Waals surface area contributed by atoms with Gasteiger partial charge in [-0.25, -0.2) is 0 Å². The lowest BCUT2D eigenvalue weighted by Gasteiger charge is -2.25. The minimum absolute atomic E-state index is 0.0521. The van der Waals surface area contributed by atoms with Crippen molar-refractivity contribution in [3.63, 3.8) is 0 Å². The molecule has 0 saturated heterocycles. The molecule has 94 valence electrons. The van der Waals surface area contributed by atoms with Crippen molar-refractivity contribution in [1.82, 2.24) is 0 Å². The molecule has 0 atom stereocenters. The lowest BCUT2D eigenvalue weighted by atomic mass is 9.82. The number of allylic oxidation sites excluding steroid dienone is 4. The maximum Gasteiger partial charge on any atom is 0.0138 e. The van der Waals surface area contributed by atoms with Crippen LogP contribution in [-0.2, 0) is 0 Å². The van der Waals surface area contributed by atoms with Crippen LogP contribution in [0.5, 0.6) is 0 Å². The van der Waals surface area contributed by atoms with E-state index in [1.54, 1.807) is 0 Å². The Balaban J connectivity index is 5.10. The molecule has 0 aliphatic carbocycles. The SMILES string of the molecule is CCC/C=C(\C=C(/N)C(C)(C)C)C(C)(C)C. The van der Waals surface area contributed by atoms with Gasteiger partial charge in [-0.05, 0) is 23.5 Å². The van der Waals surface area contributed by atoms with Crippen LogP contribution >= 0.6 is 0 Å². The highest BCUT2D eigenvalue weighted by Crippen LogP contribution is 2.30. The van der Waals surface area contributed by atoms with E-state index in [4.69, 9.17) is 5.73 Å². The van der Waals surface area contributed by atoms with Gasteiger partial charge in [0.05, 0.1) is 0 Å². The molecule has 0 radical (unpaired) electrons. The van der Waals surface area contributed by atoms with E-state index in [0.29, 0.717) is 0 Å². The van der Waals surface area contributed by atoms with Crippen molar-refractivity contribution in [3.8, 4) is 0 Å². The van der Waals surface area contributed by atoms with Gasteiger partial charge in [0.2, 0.25) is 0 Å². The standard InChI is InChI=1S/C15H29N/c1-8-9-10-12(14(2,3)4)11-13(16)15(5,6)7/h10-11H,8-9,16H2,1-7H3/b12-10+,13-11-. The van der Waals surface area contributed by atoms with Crippen LogP contribution in [-0.4, -0.2) is 0 Å². The molecule has 0 bridgehead atoms. The minimum atomic E-state index is 0.0521. The van der Waals surface area contributed by atoms with E-state index in [1.807, 2.05) is 0 Å². The molecule has 0 amide bonds. The third-order valence-corrected chi connectivity index (χ3v) is 2.70. The third kappa shape index (κ3) is 5.39. The van der Waals surface area contributed by atoms with Gasteiger partial charge in [-0.3, -0.25) is 0 Å². The number of hydrogen-bond donors (Lipinski definition) is 1. The molecule has 0 rings (SSSR count). The molecular weight excluding hydrogens is 194 g/mol. The van der Waals surface area contributed by atoms with Crippen molar-refractivity contribution in [1.29, 1.82) is 0 Å². The van der Waals surface area contributed by atoms with Gasteiger partial charge < -0.3 is 5.73 Å². The zero-order chi connectivity index (χ0) is 13.0. The Labute approximate surface area is 102 Å². The minimum Gasteiger partial charge on any atom is -0.402 e. The van der Waals surface area contributed by atoms with Gasteiger partial charge in [-0.2, -0.15) is 0 Å². The predicted molar refractivity (Wildman–Crippen MR) is 74.2 cm³/mol. The largest absolute Gasteiger partial charge is 0.402 e. The first-order valence-corrected chi connectivity index (χ1v) is 6.27. The van der Waals surface area contributed by atoms with Crippen molar-refractivity contribution in [2.75, 3.05) is 0 Å². The molecule has 0 aliphatic rings. The molecular formula is C15H29N. The second-order valence-electron chi connectivity index (χ2n) is 6.55. The average molecular weight is 223 g/mol. The van der Waals surface area contributed by atoms with Gasteiger partial charge in [0.25, 0.3) is 0 Å². The normalized spacial score (nSPS) is 15.4. The number of hydrogen-bond acceptors (Lipinski definition) is 1. The maximum absolute atomic E-state index is 6.14. The highest BCUT2D eigenvalue weighted by atomic mass is 14.6. The van der Waals surface area contributed by atoms with Crippen LogP contribution in [0.3, 0.4) is 0 Å². The molecule has 0 fully saturated rings. The summed E-state index contributed by atoms with van der Waals surface area (Å²) in [6, 6.07) is 0. The van der Waals surface area contributed by atoms with Crippen molar-refractivity contribution in [2.45, 2.75) is 61.3 Å². The zero-order valence-electron chi connectivity index (χ0n) is 12.1. The van der Waals surface area contributed by atoms with Crippen LogP contribution in [0.1, 0.15) is 61.3 Å². The Kier molecular flexibility index (Phi) is 5.31.